The molecule has 1 heterocycles. The highest BCUT2D eigenvalue weighted by Gasteiger charge is 2.15. The molecular weight excluding hydrogens is 417 g/mol. The quantitative estimate of drug-likeness (QED) is 0.480. The predicted molar refractivity (Wildman–Crippen MR) is 97.7 cm³/mol. The molecule has 2 N–H and O–H groups in total. The van der Waals surface area contributed by atoms with Crippen molar-refractivity contribution in [2.45, 2.75) is 6.92 Å². The van der Waals surface area contributed by atoms with Crippen molar-refractivity contribution in [2.75, 3.05) is 0 Å². The van der Waals surface area contributed by atoms with Gasteiger partial charge in [-0.1, -0.05) is 39.1 Å². The molecule has 0 fully saturated rings. The lowest BCUT2D eigenvalue weighted by molar-refractivity contribution is 0.0995. The first kappa shape index (κ1) is 17.0. The van der Waals surface area contributed by atoms with Crippen molar-refractivity contribution in [1.29, 1.82) is 0 Å². The number of hydrogen-bond donors (Lipinski definition) is 2. The van der Waals surface area contributed by atoms with Gasteiger partial charge in [0.1, 0.15) is 0 Å². The second kappa shape index (κ2) is 6.55. The van der Waals surface area contributed by atoms with E-state index in [1.54, 1.807) is 12.1 Å². The number of H-pyrrole nitrogens is 1. The smallest absolute Gasteiger partial charge is 0.296 e. The second-order valence-corrected chi connectivity index (χ2v) is 6.86. The molecule has 0 aliphatic rings. The van der Waals surface area contributed by atoms with Gasteiger partial charge in [0.15, 0.2) is 5.69 Å². The molecule has 8 heteroatoms. The summed E-state index contributed by atoms with van der Waals surface area (Å²) >= 11 is 15.2. The highest BCUT2D eigenvalue weighted by molar-refractivity contribution is 9.10. The van der Waals surface area contributed by atoms with Gasteiger partial charge in [0, 0.05) is 14.9 Å². The number of aromatic hydroxyl groups is 1. The first-order valence-electron chi connectivity index (χ1n) is 6.78. The average Bonchev–Trinajstić information content (AvgIpc) is 2.81. The van der Waals surface area contributed by atoms with Crippen molar-refractivity contribution in [3.05, 3.63) is 56.0 Å². The predicted octanol–water partition coefficient (Wildman–Crippen LogP) is 6.18. The van der Waals surface area contributed by atoms with E-state index in [9.17, 15) is 9.90 Å². The van der Waals surface area contributed by atoms with Gasteiger partial charge in [0.25, 0.3) is 5.91 Å². The largest absolute Gasteiger partial charge is 0.493 e. The van der Waals surface area contributed by atoms with Crippen molar-refractivity contribution < 1.29 is 9.90 Å². The van der Waals surface area contributed by atoms with Crippen LogP contribution < -0.4 is 0 Å². The standard InChI is InChI=1S/C16H10BrCl2N3O2/c1-7-4-8(17)5-11-13(7)20-16(24)14(11)21-22-15(23)10-3-2-9(18)6-12(10)19/h2-6,20,24H,1H3. The number of nitrogens with zero attached hydrogens (tertiary/aromatic N) is 2. The van der Waals surface area contributed by atoms with Gasteiger partial charge >= 0.3 is 0 Å². The van der Waals surface area contributed by atoms with Crippen LogP contribution in [-0.2, 0) is 0 Å². The fraction of sp³-hybridized carbons (Fsp3) is 0.0625. The summed E-state index contributed by atoms with van der Waals surface area (Å²) in [6, 6.07) is 8.15. The van der Waals surface area contributed by atoms with Gasteiger partial charge in [-0.15, -0.1) is 10.2 Å². The molecule has 0 unspecified atom stereocenters. The number of carbonyl (C=O) groups excluding carboxylic acids is 1. The maximum absolute atomic E-state index is 12.2. The second-order valence-electron chi connectivity index (χ2n) is 5.10. The number of fused-ring (bicyclic) bond motifs is 1. The highest BCUT2D eigenvalue weighted by Crippen LogP contribution is 2.38. The van der Waals surface area contributed by atoms with E-state index >= 15 is 0 Å². The summed E-state index contributed by atoms with van der Waals surface area (Å²) in [6.07, 6.45) is 0. The zero-order valence-electron chi connectivity index (χ0n) is 12.3. The monoisotopic (exact) mass is 425 g/mol. The van der Waals surface area contributed by atoms with Crippen LogP contribution in [-0.4, -0.2) is 16.0 Å². The minimum absolute atomic E-state index is 0.162. The maximum atomic E-state index is 12.2. The molecule has 2 aromatic carbocycles. The summed E-state index contributed by atoms with van der Waals surface area (Å²) in [4.78, 5) is 15.0. The van der Waals surface area contributed by atoms with Crippen LogP contribution in [0.25, 0.3) is 10.9 Å². The van der Waals surface area contributed by atoms with Crippen LogP contribution in [0.1, 0.15) is 15.9 Å². The van der Waals surface area contributed by atoms with Crippen molar-refractivity contribution >= 4 is 61.6 Å². The molecule has 3 rings (SSSR count). The van der Waals surface area contributed by atoms with E-state index in [0.717, 1.165) is 15.6 Å². The Kier molecular flexibility index (Phi) is 4.62. The summed E-state index contributed by atoms with van der Waals surface area (Å²) in [5, 5.41) is 18.9. The molecule has 1 amide bonds. The third-order valence-corrected chi connectivity index (χ3v) is 4.43. The van der Waals surface area contributed by atoms with Crippen LogP contribution in [0.4, 0.5) is 5.69 Å². The number of halogens is 3. The average molecular weight is 427 g/mol. The topological polar surface area (TPSA) is 77.8 Å². The molecule has 0 saturated heterocycles. The van der Waals surface area contributed by atoms with Gasteiger partial charge in [-0.25, -0.2) is 0 Å². The number of benzene rings is 2. The van der Waals surface area contributed by atoms with Crippen LogP contribution in [0, 0.1) is 6.92 Å². The van der Waals surface area contributed by atoms with E-state index in [1.165, 1.54) is 12.1 Å². The van der Waals surface area contributed by atoms with Crippen molar-refractivity contribution in [3.63, 3.8) is 0 Å². The number of hydrogen-bond acceptors (Lipinski definition) is 3. The molecule has 0 saturated carbocycles. The molecule has 0 aliphatic heterocycles. The van der Waals surface area contributed by atoms with Crippen molar-refractivity contribution in [1.82, 2.24) is 4.98 Å². The van der Waals surface area contributed by atoms with E-state index < -0.39 is 5.91 Å². The zero-order chi connectivity index (χ0) is 17.4. The van der Waals surface area contributed by atoms with Crippen LogP contribution in [0.2, 0.25) is 10.0 Å². The summed E-state index contributed by atoms with van der Waals surface area (Å²) in [7, 11) is 0. The number of azo groups is 1. The summed E-state index contributed by atoms with van der Waals surface area (Å²) in [5.74, 6) is -0.790. The molecule has 1 aromatic heterocycles. The molecule has 5 nitrogen and oxygen atoms in total. The minimum atomic E-state index is -0.628. The lowest BCUT2D eigenvalue weighted by Crippen LogP contribution is -1.94. The Hall–Kier alpha value is -1.89. The third-order valence-electron chi connectivity index (χ3n) is 3.43. The van der Waals surface area contributed by atoms with Gasteiger partial charge in [-0.05, 0) is 42.8 Å². The number of rotatable bonds is 2. The summed E-state index contributed by atoms with van der Waals surface area (Å²) < 4.78 is 0.829. The van der Waals surface area contributed by atoms with Gasteiger partial charge in [0.2, 0.25) is 5.88 Å². The Morgan fingerprint density at radius 2 is 2.00 bits per heavy atom. The number of nitrogens with one attached hydrogen (secondary N) is 1. The SMILES string of the molecule is Cc1cc(Br)cc2c(N=NC(=O)c3ccc(Cl)cc3Cl)c(O)[nH]c12. The fourth-order valence-electron chi connectivity index (χ4n) is 2.31. The minimum Gasteiger partial charge on any atom is -0.493 e. The van der Waals surface area contributed by atoms with Crippen molar-refractivity contribution in [2.24, 2.45) is 10.2 Å². The molecule has 0 atom stereocenters. The molecule has 0 radical (unpaired) electrons. The summed E-state index contributed by atoms with van der Waals surface area (Å²) in [6.45, 7) is 1.89. The first-order valence-corrected chi connectivity index (χ1v) is 8.33. The molecule has 24 heavy (non-hydrogen) atoms. The normalized spacial score (nSPS) is 11.5. The lowest BCUT2D eigenvalue weighted by atomic mass is 10.1. The van der Waals surface area contributed by atoms with E-state index in [-0.39, 0.29) is 22.2 Å². The van der Waals surface area contributed by atoms with Crippen LogP contribution >= 0.6 is 39.1 Å². The van der Waals surface area contributed by atoms with E-state index in [0.29, 0.717) is 10.4 Å². The van der Waals surface area contributed by atoms with Gasteiger partial charge in [0.05, 0.1) is 16.1 Å². The molecular formula is C16H10BrCl2N3O2. The highest BCUT2D eigenvalue weighted by atomic mass is 79.9. The van der Waals surface area contributed by atoms with Crippen LogP contribution in [0.15, 0.2) is 45.0 Å². The van der Waals surface area contributed by atoms with Gasteiger partial charge < -0.3 is 10.1 Å². The lowest BCUT2D eigenvalue weighted by Gasteiger charge is -1.99. The molecule has 0 aliphatic carbocycles. The van der Waals surface area contributed by atoms with Crippen LogP contribution in [0.5, 0.6) is 5.88 Å². The Bertz CT molecular complexity index is 999. The zero-order valence-corrected chi connectivity index (χ0v) is 15.4. The van der Waals surface area contributed by atoms with Gasteiger partial charge in [-0.2, -0.15) is 0 Å². The third kappa shape index (κ3) is 3.17. The molecule has 0 bridgehead atoms. The molecule has 3 aromatic rings. The Labute approximate surface area is 155 Å². The fourth-order valence-corrected chi connectivity index (χ4v) is 3.38. The number of amides is 1. The van der Waals surface area contributed by atoms with E-state index in [1.807, 2.05) is 13.0 Å². The summed E-state index contributed by atoms with van der Waals surface area (Å²) in [5.41, 5.74) is 2.01. The van der Waals surface area contributed by atoms with Gasteiger partial charge in [-0.3, -0.25) is 4.79 Å². The van der Waals surface area contributed by atoms with E-state index in [2.05, 4.69) is 31.1 Å². The van der Waals surface area contributed by atoms with Crippen molar-refractivity contribution in [3.8, 4) is 5.88 Å². The Morgan fingerprint density at radius 3 is 2.71 bits per heavy atom. The number of aryl methyl sites for hydroxylation is 1. The Morgan fingerprint density at radius 1 is 1.25 bits per heavy atom. The maximum Gasteiger partial charge on any atom is 0.296 e. The molecule has 122 valence electrons. The molecule has 0 spiro atoms. The number of aromatic nitrogens is 1. The van der Waals surface area contributed by atoms with E-state index in [4.69, 9.17) is 23.2 Å². The Balaban J connectivity index is 2.01. The number of carbonyl (C=O) groups is 1. The number of aromatic amines is 1. The first-order chi connectivity index (χ1) is 11.4. The van der Waals surface area contributed by atoms with Crippen LogP contribution in [0.3, 0.4) is 0 Å².